The van der Waals surface area contributed by atoms with Crippen LogP contribution in [0.4, 0.5) is 22.0 Å². The highest BCUT2D eigenvalue weighted by atomic mass is 19.4. The van der Waals surface area contributed by atoms with E-state index in [-0.39, 0.29) is 43.6 Å². The van der Waals surface area contributed by atoms with E-state index in [1.165, 1.54) is 0 Å². The predicted octanol–water partition coefficient (Wildman–Crippen LogP) is 5.76. The first kappa shape index (κ1) is 28.7. The molecule has 0 atom stereocenters. The molecule has 2 aliphatic rings. The number of carbonyl (C=O) groups excluding carboxylic acids is 2. The molecule has 2 aliphatic carbocycles. The summed E-state index contributed by atoms with van der Waals surface area (Å²) in [6.07, 6.45) is -2.21. The summed E-state index contributed by atoms with van der Waals surface area (Å²) < 4.78 is 72.2. The highest BCUT2D eigenvalue weighted by Gasteiger charge is 2.44. The Morgan fingerprint density at radius 2 is 1.67 bits per heavy atom. The van der Waals surface area contributed by atoms with Crippen molar-refractivity contribution in [3.8, 4) is 0 Å². The molecule has 39 heavy (non-hydrogen) atoms. The van der Waals surface area contributed by atoms with E-state index in [1.54, 1.807) is 0 Å². The Morgan fingerprint density at radius 3 is 2.18 bits per heavy atom. The Balaban J connectivity index is 1.65. The monoisotopic (exact) mass is 555 g/mol. The molecule has 0 saturated heterocycles. The number of hydrogen-bond acceptors (Lipinski definition) is 4. The van der Waals surface area contributed by atoms with Gasteiger partial charge in [0, 0.05) is 6.54 Å². The first-order valence-electron chi connectivity index (χ1n) is 12.8. The van der Waals surface area contributed by atoms with Crippen LogP contribution in [0.3, 0.4) is 0 Å². The summed E-state index contributed by atoms with van der Waals surface area (Å²) in [6.45, 7) is 3.14. The number of ketones is 1. The second-order valence-corrected chi connectivity index (χ2v) is 11.3. The van der Waals surface area contributed by atoms with Gasteiger partial charge in [0.2, 0.25) is 0 Å². The number of nitrogens with zero attached hydrogens (tertiary/aromatic N) is 3. The maximum atomic E-state index is 14.3. The van der Waals surface area contributed by atoms with Crippen LogP contribution in [-0.4, -0.2) is 50.5 Å². The molecule has 1 aromatic carbocycles. The number of carboxylic acids is 1. The number of halogens is 5. The summed E-state index contributed by atoms with van der Waals surface area (Å²) >= 11 is 0. The molecule has 0 unspecified atom stereocenters. The SMILES string of the molecule is CC1(C)CC(CN(CC(=O)c2c(F)cccc2F)C(=O)c2cnn([C@H]3CC[C@@H](C(=O)O)CC3)c2C(F)(F)F)C1. The number of Topliss-reactive ketones (excluding diaryl/α,β-unsaturated/α-hetero) is 1. The largest absolute Gasteiger partial charge is 0.481 e. The average Bonchev–Trinajstić information content (AvgIpc) is 3.28. The van der Waals surface area contributed by atoms with Crippen LogP contribution >= 0.6 is 0 Å². The fourth-order valence-corrected chi connectivity index (χ4v) is 6.00. The number of carbonyl (C=O) groups is 3. The molecule has 2 aromatic rings. The second-order valence-electron chi connectivity index (χ2n) is 11.3. The number of aromatic nitrogens is 2. The highest BCUT2D eigenvalue weighted by molar-refractivity contribution is 6.02. The van der Waals surface area contributed by atoms with Gasteiger partial charge in [-0.2, -0.15) is 18.3 Å². The molecule has 2 saturated carbocycles. The first-order chi connectivity index (χ1) is 18.2. The molecule has 0 spiro atoms. The van der Waals surface area contributed by atoms with E-state index in [4.69, 9.17) is 0 Å². The number of rotatable bonds is 8. The molecule has 1 heterocycles. The third-order valence-electron chi connectivity index (χ3n) is 7.71. The van der Waals surface area contributed by atoms with Crippen molar-refractivity contribution >= 4 is 17.7 Å². The van der Waals surface area contributed by atoms with Crippen molar-refractivity contribution in [2.24, 2.45) is 17.3 Å². The van der Waals surface area contributed by atoms with Gasteiger partial charge in [0.15, 0.2) is 11.5 Å². The standard InChI is InChI=1S/C27H30F5N3O4/c1-26(2)10-15(11-26)13-34(14-21(36)22-19(28)4-3-5-20(22)29)24(37)18-12-33-35(23(18)27(30,31)32)17-8-6-16(7-9-17)25(38)39/h3-5,12,15-17H,6-11,13-14H2,1-2H3,(H,38,39)/t16-,17+. The highest BCUT2D eigenvalue weighted by Crippen LogP contribution is 2.45. The van der Waals surface area contributed by atoms with E-state index in [9.17, 15) is 41.4 Å². The predicted molar refractivity (Wildman–Crippen MR) is 129 cm³/mol. The molecule has 1 aromatic heterocycles. The molecule has 0 radical (unpaired) electrons. The van der Waals surface area contributed by atoms with Gasteiger partial charge < -0.3 is 10.0 Å². The van der Waals surface area contributed by atoms with Crippen LogP contribution in [0.1, 0.15) is 84.8 Å². The quantitative estimate of drug-likeness (QED) is 0.331. The molecule has 12 heteroatoms. The minimum Gasteiger partial charge on any atom is -0.481 e. The Morgan fingerprint density at radius 1 is 1.08 bits per heavy atom. The Bertz CT molecular complexity index is 1240. The second kappa shape index (κ2) is 10.7. The zero-order chi connectivity index (χ0) is 28.7. The molecule has 7 nitrogen and oxygen atoms in total. The van der Waals surface area contributed by atoms with Crippen molar-refractivity contribution in [2.45, 2.75) is 64.6 Å². The molecule has 2 fully saturated rings. The van der Waals surface area contributed by atoms with E-state index in [0.29, 0.717) is 12.8 Å². The van der Waals surface area contributed by atoms with E-state index in [2.05, 4.69) is 5.10 Å². The lowest BCUT2D eigenvalue weighted by Gasteiger charge is -2.44. The lowest BCUT2D eigenvalue weighted by Crippen LogP contribution is -2.45. The van der Waals surface area contributed by atoms with Gasteiger partial charge in [-0.25, -0.2) is 8.78 Å². The fourth-order valence-electron chi connectivity index (χ4n) is 6.00. The van der Waals surface area contributed by atoms with Gasteiger partial charge in [0.05, 0.1) is 35.8 Å². The zero-order valence-corrected chi connectivity index (χ0v) is 21.6. The number of hydrogen-bond donors (Lipinski definition) is 1. The van der Waals surface area contributed by atoms with Crippen LogP contribution in [0, 0.1) is 28.9 Å². The first-order valence-corrected chi connectivity index (χ1v) is 12.8. The van der Waals surface area contributed by atoms with Crippen LogP contribution < -0.4 is 0 Å². The number of carboxylic acid groups (broad SMARTS) is 1. The average molecular weight is 556 g/mol. The van der Waals surface area contributed by atoms with Crippen molar-refractivity contribution in [3.63, 3.8) is 0 Å². The maximum absolute atomic E-state index is 14.3. The van der Waals surface area contributed by atoms with Crippen molar-refractivity contribution < 1.29 is 41.4 Å². The third-order valence-corrected chi connectivity index (χ3v) is 7.71. The van der Waals surface area contributed by atoms with E-state index in [0.717, 1.165) is 34.0 Å². The van der Waals surface area contributed by atoms with E-state index < -0.39 is 70.8 Å². The van der Waals surface area contributed by atoms with Crippen LogP contribution in [-0.2, 0) is 11.0 Å². The molecule has 212 valence electrons. The lowest BCUT2D eigenvalue weighted by atomic mass is 9.64. The van der Waals surface area contributed by atoms with Gasteiger partial charge in [-0.3, -0.25) is 19.1 Å². The van der Waals surface area contributed by atoms with Crippen LogP contribution in [0.15, 0.2) is 24.4 Å². The smallest absolute Gasteiger partial charge is 0.433 e. The summed E-state index contributed by atoms with van der Waals surface area (Å²) in [4.78, 5) is 38.7. The number of aliphatic carboxylic acids is 1. The lowest BCUT2D eigenvalue weighted by molar-refractivity contribution is -0.147. The molecule has 0 bridgehead atoms. The minimum atomic E-state index is -4.98. The minimum absolute atomic E-state index is 0.0299. The number of benzene rings is 1. The van der Waals surface area contributed by atoms with E-state index >= 15 is 0 Å². The van der Waals surface area contributed by atoms with Crippen molar-refractivity contribution in [2.75, 3.05) is 13.1 Å². The van der Waals surface area contributed by atoms with Crippen LogP contribution in [0.5, 0.6) is 0 Å². The summed E-state index contributed by atoms with van der Waals surface area (Å²) in [5.41, 5.74) is -2.93. The molecular weight excluding hydrogens is 525 g/mol. The molecular formula is C27H30F5N3O4. The van der Waals surface area contributed by atoms with Crippen LogP contribution in [0.25, 0.3) is 0 Å². The Hall–Kier alpha value is -3.31. The summed E-state index contributed by atoms with van der Waals surface area (Å²) in [6, 6.07) is 2.10. The normalized spacial score (nSPS) is 21.3. The Labute approximate surface area is 222 Å². The fraction of sp³-hybridized carbons (Fsp3) is 0.556. The summed E-state index contributed by atoms with van der Waals surface area (Å²) in [5, 5.41) is 13.1. The third kappa shape index (κ3) is 6.14. The van der Waals surface area contributed by atoms with Gasteiger partial charge in [-0.05, 0) is 62.0 Å². The van der Waals surface area contributed by atoms with Gasteiger partial charge in [-0.1, -0.05) is 19.9 Å². The molecule has 1 amide bonds. The Kier molecular flexibility index (Phi) is 7.86. The van der Waals surface area contributed by atoms with E-state index in [1.807, 2.05) is 13.8 Å². The summed E-state index contributed by atoms with van der Waals surface area (Å²) in [5.74, 6) is -6.19. The maximum Gasteiger partial charge on any atom is 0.433 e. The van der Waals surface area contributed by atoms with Crippen molar-refractivity contribution in [3.05, 3.63) is 52.9 Å². The van der Waals surface area contributed by atoms with Crippen molar-refractivity contribution in [1.29, 1.82) is 0 Å². The zero-order valence-electron chi connectivity index (χ0n) is 21.6. The summed E-state index contributed by atoms with van der Waals surface area (Å²) in [7, 11) is 0. The van der Waals surface area contributed by atoms with Gasteiger partial charge >= 0.3 is 12.1 Å². The molecule has 4 rings (SSSR count). The molecule has 1 N–H and O–H groups in total. The van der Waals surface area contributed by atoms with Crippen molar-refractivity contribution in [1.82, 2.24) is 14.7 Å². The number of alkyl halides is 3. The van der Waals surface area contributed by atoms with Gasteiger partial charge in [0.25, 0.3) is 5.91 Å². The van der Waals surface area contributed by atoms with Crippen LogP contribution in [0.2, 0.25) is 0 Å². The number of amides is 1. The molecule has 0 aliphatic heterocycles. The van der Waals surface area contributed by atoms with Gasteiger partial charge in [-0.15, -0.1) is 0 Å². The topological polar surface area (TPSA) is 92.5 Å². The van der Waals surface area contributed by atoms with Gasteiger partial charge in [0.1, 0.15) is 11.6 Å².